The van der Waals surface area contributed by atoms with Crippen LogP contribution in [0.5, 0.6) is 5.75 Å². The number of benzene rings is 2. The van der Waals surface area contributed by atoms with Gasteiger partial charge in [-0.05, 0) is 42.9 Å². The summed E-state index contributed by atoms with van der Waals surface area (Å²) in [5, 5.41) is 14.2. The van der Waals surface area contributed by atoms with E-state index in [4.69, 9.17) is 11.6 Å². The SMILES string of the molecule is CN1CCN(CC#Cc2ccc(-c3cc(C(F)(F)F)nn3C)c(O)c2-c2ccc(Cl)c(C(F)(F)F)c2)CC1. The van der Waals surface area contributed by atoms with Gasteiger partial charge < -0.3 is 10.0 Å². The van der Waals surface area contributed by atoms with Crippen molar-refractivity contribution < 1.29 is 31.4 Å². The maximum Gasteiger partial charge on any atom is 0.435 e. The monoisotopic (exact) mass is 556 g/mol. The van der Waals surface area contributed by atoms with Crippen molar-refractivity contribution in [1.29, 1.82) is 0 Å². The van der Waals surface area contributed by atoms with E-state index in [2.05, 4.69) is 26.7 Å². The zero-order valence-electron chi connectivity index (χ0n) is 20.4. The molecule has 5 nitrogen and oxygen atoms in total. The molecule has 1 saturated heterocycles. The Bertz CT molecular complexity index is 1400. The summed E-state index contributed by atoms with van der Waals surface area (Å²) in [5.41, 5.74) is -2.27. The number of aromatic nitrogens is 2. The lowest BCUT2D eigenvalue weighted by atomic mass is 9.93. The molecule has 0 spiro atoms. The summed E-state index contributed by atoms with van der Waals surface area (Å²) >= 11 is 5.78. The number of aromatic hydroxyl groups is 1. The molecule has 2 aromatic carbocycles. The van der Waals surface area contributed by atoms with E-state index in [1.807, 2.05) is 7.05 Å². The van der Waals surface area contributed by atoms with E-state index in [9.17, 15) is 31.4 Å². The Morgan fingerprint density at radius 3 is 2.24 bits per heavy atom. The van der Waals surface area contributed by atoms with Gasteiger partial charge in [0.2, 0.25) is 0 Å². The average Bonchev–Trinajstić information content (AvgIpc) is 3.22. The first-order chi connectivity index (χ1) is 17.8. The standard InChI is InChI=1S/C26H23ClF6N4O/c1-35-10-12-37(13-11-35)9-3-4-16-5-7-18(21-15-22(26(31,32)33)34-36(21)2)24(38)23(16)17-6-8-20(27)19(14-17)25(28,29)30/h5-8,14-15,38H,9-13H2,1-2H3. The number of rotatable bonds is 3. The van der Waals surface area contributed by atoms with Gasteiger partial charge in [0.1, 0.15) is 5.75 Å². The molecule has 4 rings (SSSR count). The summed E-state index contributed by atoms with van der Waals surface area (Å²) in [4.78, 5) is 4.31. The van der Waals surface area contributed by atoms with Gasteiger partial charge in [0.05, 0.1) is 22.8 Å². The van der Waals surface area contributed by atoms with Crippen molar-refractivity contribution in [3.8, 4) is 40.0 Å². The number of phenolic OH excluding ortho intramolecular Hbond substituents is 1. The van der Waals surface area contributed by atoms with Gasteiger partial charge in [-0.25, -0.2) is 0 Å². The molecule has 12 heteroatoms. The van der Waals surface area contributed by atoms with E-state index >= 15 is 0 Å². The van der Waals surface area contributed by atoms with Crippen molar-refractivity contribution in [3.05, 3.63) is 58.2 Å². The molecule has 1 fully saturated rings. The van der Waals surface area contributed by atoms with Gasteiger partial charge >= 0.3 is 12.4 Å². The third-order valence-electron chi connectivity index (χ3n) is 6.31. The van der Waals surface area contributed by atoms with Crippen molar-refractivity contribution in [2.75, 3.05) is 39.8 Å². The molecular formula is C26H23ClF6N4O. The highest BCUT2D eigenvalue weighted by Gasteiger charge is 2.36. The number of halogens is 7. The molecule has 1 aromatic heterocycles. The van der Waals surface area contributed by atoms with Crippen molar-refractivity contribution in [2.24, 2.45) is 7.05 Å². The predicted molar refractivity (Wildman–Crippen MR) is 132 cm³/mol. The Labute approximate surface area is 220 Å². The Hall–Kier alpha value is -3.20. The lowest BCUT2D eigenvalue weighted by Crippen LogP contribution is -2.44. The maximum atomic E-state index is 13.6. The molecule has 0 amide bonds. The van der Waals surface area contributed by atoms with Crippen LogP contribution in [0.3, 0.4) is 0 Å². The normalized spacial score (nSPS) is 15.4. The summed E-state index contributed by atoms with van der Waals surface area (Å²) in [7, 11) is 3.29. The second-order valence-electron chi connectivity index (χ2n) is 8.99. The summed E-state index contributed by atoms with van der Waals surface area (Å²) < 4.78 is 81.4. The smallest absolute Gasteiger partial charge is 0.435 e. The van der Waals surface area contributed by atoms with E-state index in [0.717, 1.165) is 49.1 Å². The van der Waals surface area contributed by atoms with Crippen molar-refractivity contribution in [2.45, 2.75) is 12.4 Å². The first-order valence-electron chi connectivity index (χ1n) is 11.5. The number of alkyl halides is 6. The topological polar surface area (TPSA) is 44.5 Å². The molecule has 0 unspecified atom stereocenters. The van der Waals surface area contributed by atoms with Gasteiger partial charge in [0, 0.05) is 49.9 Å². The molecule has 202 valence electrons. The highest BCUT2D eigenvalue weighted by Crippen LogP contribution is 2.44. The predicted octanol–water partition coefficient (Wildman–Crippen LogP) is 5.75. The summed E-state index contributed by atoms with van der Waals surface area (Å²) in [6, 6.07) is 6.74. The van der Waals surface area contributed by atoms with Gasteiger partial charge in [0.25, 0.3) is 0 Å². The molecule has 0 saturated carbocycles. The van der Waals surface area contributed by atoms with Gasteiger partial charge in [-0.15, -0.1) is 0 Å². The summed E-state index contributed by atoms with van der Waals surface area (Å²) in [6.45, 7) is 3.75. The maximum absolute atomic E-state index is 13.6. The number of piperazine rings is 1. The van der Waals surface area contributed by atoms with Gasteiger partial charge in [0.15, 0.2) is 5.69 Å². The Kier molecular flexibility index (Phi) is 7.70. The molecule has 38 heavy (non-hydrogen) atoms. The quantitative estimate of drug-likeness (QED) is 0.330. The Morgan fingerprint density at radius 2 is 1.63 bits per heavy atom. The first kappa shape index (κ1) is 27.8. The third kappa shape index (κ3) is 5.93. The lowest BCUT2D eigenvalue weighted by molar-refractivity contribution is -0.141. The molecular weight excluding hydrogens is 534 g/mol. The minimum Gasteiger partial charge on any atom is -0.507 e. The lowest BCUT2D eigenvalue weighted by Gasteiger charge is -2.30. The second kappa shape index (κ2) is 10.5. The fourth-order valence-electron chi connectivity index (χ4n) is 4.20. The second-order valence-corrected chi connectivity index (χ2v) is 9.40. The number of hydrogen-bond donors (Lipinski definition) is 1. The van der Waals surface area contributed by atoms with Crippen LogP contribution in [0.4, 0.5) is 26.3 Å². The Morgan fingerprint density at radius 1 is 0.947 bits per heavy atom. The van der Waals surface area contributed by atoms with E-state index < -0.39 is 34.4 Å². The number of phenols is 1. The molecule has 0 atom stereocenters. The van der Waals surface area contributed by atoms with E-state index in [0.29, 0.717) is 6.54 Å². The van der Waals surface area contributed by atoms with Crippen LogP contribution >= 0.6 is 11.6 Å². The molecule has 0 radical (unpaired) electrons. The fraction of sp³-hybridized carbons (Fsp3) is 0.346. The highest BCUT2D eigenvalue weighted by atomic mass is 35.5. The van der Waals surface area contributed by atoms with Crippen LogP contribution in [0.15, 0.2) is 36.4 Å². The average molecular weight is 557 g/mol. The van der Waals surface area contributed by atoms with Crippen LogP contribution in [-0.4, -0.2) is 64.5 Å². The molecule has 2 heterocycles. The third-order valence-corrected chi connectivity index (χ3v) is 6.64. The zero-order chi connectivity index (χ0) is 27.8. The molecule has 0 bridgehead atoms. The van der Waals surface area contributed by atoms with Crippen molar-refractivity contribution >= 4 is 11.6 Å². The Balaban J connectivity index is 1.83. The van der Waals surface area contributed by atoms with Crippen LogP contribution in [-0.2, 0) is 19.4 Å². The number of aryl methyl sites for hydroxylation is 1. The van der Waals surface area contributed by atoms with Crippen LogP contribution in [0.25, 0.3) is 22.4 Å². The first-order valence-corrected chi connectivity index (χ1v) is 11.9. The van der Waals surface area contributed by atoms with E-state index in [1.54, 1.807) is 0 Å². The minimum absolute atomic E-state index is 0.0387. The van der Waals surface area contributed by atoms with Crippen LogP contribution < -0.4 is 0 Å². The number of hydrogen-bond acceptors (Lipinski definition) is 4. The zero-order valence-corrected chi connectivity index (χ0v) is 21.1. The minimum atomic E-state index is -4.77. The van der Waals surface area contributed by atoms with E-state index in [1.165, 1.54) is 25.2 Å². The van der Waals surface area contributed by atoms with E-state index in [-0.39, 0.29) is 27.9 Å². The van der Waals surface area contributed by atoms with Gasteiger partial charge in [-0.1, -0.05) is 29.5 Å². The molecule has 1 aliphatic heterocycles. The molecule has 3 aromatic rings. The number of nitrogens with zero attached hydrogens (tertiary/aromatic N) is 4. The van der Waals surface area contributed by atoms with Crippen molar-refractivity contribution in [3.63, 3.8) is 0 Å². The number of likely N-dealkylation sites (N-methyl/N-ethyl adjacent to an activating group) is 1. The fourth-order valence-corrected chi connectivity index (χ4v) is 4.43. The van der Waals surface area contributed by atoms with Crippen molar-refractivity contribution in [1.82, 2.24) is 19.6 Å². The highest BCUT2D eigenvalue weighted by molar-refractivity contribution is 6.31. The molecule has 0 aliphatic carbocycles. The van der Waals surface area contributed by atoms with Crippen LogP contribution in [0, 0.1) is 11.8 Å². The molecule has 1 N–H and O–H groups in total. The van der Waals surface area contributed by atoms with Gasteiger partial charge in [-0.3, -0.25) is 9.58 Å². The summed E-state index contributed by atoms with van der Waals surface area (Å²) in [5.74, 6) is 5.41. The largest absolute Gasteiger partial charge is 0.507 e. The summed E-state index contributed by atoms with van der Waals surface area (Å²) in [6.07, 6.45) is -9.49. The van der Waals surface area contributed by atoms with Gasteiger partial charge in [-0.2, -0.15) is 31.4 Å². The van der Waals surface area contributed by atoms with Crippen LogP contribution in [0.2, 0.25) is 5.02 Å². The molecule has 1 aliphatic rings. The van der Waals surface area contributed by atoms with Crippen LogP contribution in [0.1, 0.15) is 16.8 Å².